The van der Waals surface area contributed by atoms with Crippen LogP contribution in [0.1, 0.15) is 42.4 Å². The molecule has 0 bridgehead atoms. The molecule has 0 spiro atoms. The first-order chi connectivity index (χ1) is 6.81. The van der Waals surface area contributed by atoms with Crippen molar-refractivity contribution in [3.05, 3.63) is 35.4 Å². The summed E-state index contributed by atoms with van der Waals surface area (Å²) < 4.78 is 0. The van der Waals surface area contributed by atoms with Gasteiger partial charge in [0, 0.05) is 0 Å². The number of rotatable bonds is 3. The van der Waals surface area contributed by atoms with Crippen LogP contribution in [0.2, 0.25) is 0 Å². The van der Waals surface area contributed by atoms with E-state index in [1.165, 1.54) is 24.8 Å². The topological polar surface area (TPSA) is 37.3 Å². The van der Waals surface area contributed by atoms with Gasteiger partial charge in [0.25, 0.3) is 0 Å². The first kappa shape index (κ1) is 9.41. The highest BCUT2D eigenvalue weighted by atomic mass is 16.3. The predicted octanol–water partition coefficient (Wildman–Crippen LogP) is 2.19. The highest BCUT2D eigenvalue weighted by molar-refractivity contribution is 5.59. The van der Waals surface area contributed by atoms with Gasteiger partial charge in [-0.1, -0.05) is 30.7 Å². The fourth-order valence-electron chi connectivity index (χ4n) is 1.79. The molecule has 0 saturated heterocycles. The van der Waals surface area contributed by atoms with E-state index in [1.807, 2.05) is 24.3 Å². The van der Waals surface area contributed by atoms with Crippen molar-refractivity contribution in [2.24, 2.45) is 0 Å². The molecule has 1 aliphatic carbocycles. The number of hydrogen-bond donors (Lipinski definition) is 1. The Balaban J connectivity index is 2.12. The smallest absolute Gasteiger partial charge is 0.153 e. The van der Waals surface area contributed by atoms with Crippen molar-refractivity contribution in [2.45, 2.75) is 31.3 Å². The molecule has 0 radical (unpaired) electrons. The summed E-state index contributed by atoms with van der Waals surface area (Å²) in [6.45, 7) is 0. The van der Waals surface area contributed by atoms with E-state index in [2.05, 4.69) is 0 Å². The molecule has 0 amide bonds. The fourth-order valence-corrected chi connectivity index (χ4v) is 1.79. The summed E-state index contributed by atoms with van der Waals surface area (Å²) >= 11 is 0. The maximum absolute atomic E-state index is 10.3. The molecule has 1 N–H and O–H groups in total. The van der Waals surface area contributed by atoms with Crippen LogP contribution in [0.25, 0.3) is 0 Å². The van der Waals surface area contributed by atoms with E-state index in [9.17, 15) is 9.90 Å². The number of hydrogen-bond acceptors (Lipinski definition) is 2. The molecule has 1 saturated carbocycles. The average Bonchev–Trinajstić information content (AvgIpc) is 2.15. The molecule has 14 heavy (non-hydrogen) atoms. The van der Waals surface area contributed by atoms with Crippen LogP contribution in [0.4, 0.5) is 0 Å². The number of aliphatic hydroxyl groups excluding tert-OH is 1. The second-order valence-corrected chi connectivity index (χ2v) is 3.88. The van der Waals surface area contributed by atoms with Crippen LogP contribution in [0, 0.1) is 0 Å². The molecule has 0 aliphatic heterocycles. The monoisotopic (exact) mass is 190 g/mol. The quantitative estimate of drug-likeness (QED) is 0.742. The summed E-state index contributed by atoms with van der Waals surface area (Å²) in [5, 5.41) is 9.26. The van der Waals surface area contributed by atoms with Gasteiger partial charge in [-0.05, 0) is 29.9 Å². The molecule has 0 aromatic heterocycles. The van der Waals surface area contributed by atoms with Crippen LogP contribution in [-0.4, -0.2) is 11.4 Å². The Bertz CT molecular complexity index is 312. The summed E-state index contributed by atoms with van der Waals surface area (Å²) in [6.07, 6.45) is 3.46. The standard InChI is InChI=1S/C12H14O2/c13-8-12(14)11-6-4-10(5-7-11)9-2-1-3-9/h4-9,12,14H,1-3H2. The van der Waals surface area contributed by atoms with Gasteiger partial charge in [-0.25, -0.2) is 0 Å². The van der Waals surface area contributed by atoms with Gasteiger partial charge in [-0.3, -0.25) is 0 Å². The van der Waals surface area contributed by atoms with Gasteiger partial charge in [0.15, 0.2) is 6.29 Å². The Morgan fingerprint density at radius 3 is 2.36 bits per heavy atom. The van der Waals surface area contributed by atoms with Crippen LogP contribution < -0.4 is 0 Å². The molecule has 1 unspecified atom stereocenters. The Morgan fingerprint density at radius 2 is 1.93 bits per heavy atom. The molecule has 1 aliphatic rings. The number of carbonyl (C=O) groups excluding carboxylic acids is 1. The number of benzene rings is 1. The second kappa shape index (κ2) is 3.93. The van der Waals surface area contributed by atoms with Crippen LogP contribution in [0.5, 0.6) is 0 Å². The van der Waals surface area contributed by atoms with Crippen LogP contribution in [-0.2, 0) is 4.79 Å². The molecule has 1 aromatic carbocycles. The largest absolute Gasteiger partial charge is 0.381 e. The normalized spacial score (nSPS) is 18.6. The van der Waals surface area contributed by atoms with E-state index in [4.69, 9.17) is 0 Å². The van der Waals surface area contributed by atoms with Crippen molar-refractivity contribution in [3.63, 3.8) is 0 Å². The molecule has 1 atom stereocenters. The third-order valence-electron chi connectivity index (χ3n) is 2.98. The average molecular weight is 190 g/mol. The molecule has 2 rings (SSSR count). The number of aliphatic hydroxyl groups is 1. The van der Waals surface area contributed by atoms with Crippen molar-refractivity contribution >= 4 is 6.29 Å². The second-order valence-electron chi connectivity index (χ2n) is 3.88. The van der Waals surface area contributed by atoms with Crippen LogP contribution >= 0.6 is 0 Å². The van der Waals surface area contributed by atoms with Crippen LogP contribution in [0.3, 0.4) is 0 Å². The molecule has 1 aromatic rings. The summed E-state index contributed by atoms with van der Waals surface area (Å²) in [4.78, 5) is 10.3. The van der Waals surface area contributed by atoms with Gasteiger partial charge in [0.05, 0.1) is 0 Å². The Kier molecular flexibility index (Phi) is 2.64. The lowest BCUT2D eigenvalue weighted by atomic mass is 9.80. The Hall–Kier alpha value is -1.15. The summed E-state index contributed by atoms with van der Waals surface area (Å²) in [5.41, 5.74) is 2.01. The Labute approximate surface area is 83.6 Å². The third-order valence-corrected chi connectivity index (χ3v) is 2.98. The minimum atomic E-state index is -0.967. The van der Waals surface area contributed by atoms with Crippen molar-refractivity contribution < 1.29 is 9.90 Å². The third kappa shape index (κ3) is 1.70. The molecular formula is C12H14O2. The lowest BCUT2D eigenvalue weighted by molar-refractivity contribution is -0.115. The summed E-state index contributed by atoms with van der Waals surface area (Å²) in [6, 6.07) is 7.72. The van der Waals surface area contributed by atoms with E-state index >= 15 is 0 Å². The van der Waals surface area contributed by atoms with Gasteiger partial charge in [-0.15, -0.1) is 0 Å². The molecule has 74 valence electrons. The summed E-state index contributed by atoms with van der Waals surface area (Å²) in [7, 11) is 0. The first-order valence-electron chi connectivity index (χ1n) is 5.04. The van der Waals surface area contributed by atoms with E-state index in [-0.39, 0.29) is 0 Å². The molecular weight excluding hydrogens is 176 g/mol. The van der Waals surface area contributed by atoms with E-state index in [0.717, 1.165) is 0 Å². The Morgan fingerprint density at radius 1 is 1.29 bits per heavy atom. The summed E-state index contributed by atoms with van der Waals surface area (Å²) in [5.74, 6) is 0.706. The van der Waals surface area contributed by atoms with E-state index in [1.54, 1.807) is 0 Å². The molecule has 0 heterocycles. The van der Waals surface area contributed by atoms with Gasteiger partial charge >= 0.3 is 0 Å². The van der Waals surface area contributed by atoms with Gasteiger partial charge in [0.1, 0.15) is 6.10 Å². The highest BCUT2D eigenvalue weighted by Crippen LogP contribution is 2.36. The number of carbonyl (C=O) groups is 1. The highest BCUT2D eigenvalue weighted by Gasteiger charge is 2.19. The minimum absolute atomic E-state index is 0.554. The van der Waals surface area contributed by atoms with Crippen molar-refractivity contribution in [2.75, 3.05) is 0 Å². The zero-order valence-corrected chi connectivity index (χ0v) is 8.02. The number of aldehydes is 1. The van der Waals surface area contributed by atoms with Gasteiger partial charge < -0.3 is 9.90 Å². The van der Waals surface area contributed by atoms with Crippen molar-refractivity contribution in [3.8, 4) is 0 Å². The lowest BCUT2D eigenvalue weighted by Gasteiger charge is -2.25. The zero-order chi connectivity index (χ0) is 9.97. The van der Waals surface area contributed by atoms with Gasteiger partial charge in [0.2, 0.25) is 0 Å². The molecule has 2 nitrogen and oxygen atoms in total. The van der Waals surface area contributed by atoms with Crippen molar-refractivity contribution in [1.29, 1.82) is 0 Å². The zero-order valence-electron chi connectivity index (χ0n) is 8.02. The first-order valence-corrected chi connectivity index (χ1v) is 5.04. The van der Waals surface area contributed by atoms with Gasteiger partial charge in [-0.2, -0.15) is 0 Å². The SMILES string of the molecule is O=CC(O)c1ccc(C2CCC2)cc1. The maximum atomic E-state index is 10.3. The lowest BCUT2D eigenvalue weighted by Crippen LogP contribution is -2.08. The van der Waals surface area contributed by atoms with E-state index < -0.39 is 6.10 Å². The van der Waals surface area contributed by atoms with E-state index in [0.29, 0.717) is 17.8 Å². The van der Waals surface area contributed by atoms with Crippen LogP contribution in [0.15, 0.2) is 24.3 Å². The minimum Gasteiger partial charge on any atom is -0.381 e. The molecule has 1 fully saturated rings. The van der Waals surface area contributed by atoms with Crippen molar-refractivity contribution in [1.82, 2.24) is 0 Å². The maximum Gasteiger partial charge on any atom is 0.153 e. The molecule has 2 heteroatoms. The fraction of sp³-hybridized carbons (Fsp3) is 0.417. The predicted molar refractivity (Wildman–Crippen MR) is 54.1 cm³/mol.